The molecule has 3 N–H and O–H groups in total. The molecule has 1 aliphatic heterocycles. The number of fused-ring (bicyclic) bond motifs is 1. The average Bonchev–Trinajstić information content (AvgIpc) is 3.28. The van der Waals surface area contributed by atoms with Gasteiger partial charge in [0.05, 0.1) is 12.2 Å². The fourth-order valence-corrected chi connectivity index (χ4v) is 4.21. The Morgan fingerprint density at radius 2 is 1.91 bits per heavy atom. The Labute approximate surface area is 205 Å². The maximum absolute atomic E-state index is 13.3. The minimum Gasteiger partial charge on any atom is -0.445 e. The molecule has 9 heteroatoms. The Bertz CT molecular complexity index is 1020. The molecule has 2 aromatic rings. The van der Waals surface area contributed by atoms with Crippen LogP contribution in [0.4, 0.5) is 4.79 Å². The van der Waals surface area contributed by atoms with E-state index in [-0.39, 0.29) is 31.1 Å². The molecule has 35 heavy (non-hydrogen) atoms. The van der Waals surface area contributed by atoms with Crippen molar-refractivity contribution in [2.75, 3.05) is 6.54 Å². The van der Waals surface area contributed by atoms with Crippen LogP contribution in [0, 0.1) is 11.8 Å². The monoisotopic (exact) mass is 482 g/mol. The zero-order valence-corrected chi connectivity index (χ0v) is 20.3. The summed E-state index contributed by atoms with van der Waals surface area (Å²) in [5, 5.41) is 12.4. The lowest BCUT2D eigenvalue weighted by atomic mass is 9.86. The Hall–Kier alpha value is -3.49. The van der Waals surface area contributed by atoms with Gasteiger partial charge in [0.1, 0.15) is 6.61 Å². The van der Waals surface area contributed by atoms with Gasteiger partial charge in [-0.1, -0.05) is 50.6 Å². The van der Waals surface area contributed by atoms with Crippen LogP contribution >= 0.6 is 0 Å². The molecule has 188 valence electrons. The summed E-state index contributed by atoms with van der Waals surface area (Å²) in [5.74, 6) is -2.70. The quantitative estimate of drug-likeness (QED) is 0.520. The molecule has 9 nitrogen and oxygen atoms in total. The van der Waals surface area contributed by atoms with Gasteiger partial charge in [0.2, 0.25) is 5.78 Å². The van der Waals surface area contributed by atoms with E-state index in [4.69, 9.17) is 4.74 Å². The second-order valence-electron chi connectivity index (χ2n) is 9.30. The summed E-state index contributed by atoms with van der Waals surface area (Å²) in [6, 6.07) is 8.38. The van der Waals surface area contributed by atoms with E-state index in [1.807, 2.05) is 44.2 Å². The highest BCUT2D eigenvalue weighted by atomic mass is 16.5. The number of nitrogens with zero attached hydrogens (tertiary/aromatic N) is 1. The highest BCUT2D eigenvalue weighted by Gasteiger charge is 2.33. The third-order valence-corrected chi connectivity index (χ3v) is 6.20. The number of aromatic nitrogens is 2. The lowest BCUT2D eigenvalue weighted by Gasteiger charge is -2.23. The summed E-state index contributed by atoms with van der Waals surface area (Å²) in [7, 11) is 0. The lowest BCUT2D eigenvalue weighted by Crippen LogP contribution is -2.46. The molecule has 2 atom stereocenters. The molecular formula is C26H34N4O5. The molecule has 0 aliphatic carbocycles. The van der Waals surface area contributed by atoms with Crippen molar-refractivity contribution < 1.29 is 23.9 Å². The molecular weight excluding hydrogens is 448 g/mol. The number of amides is 2. The van der Waals surface area contributed by atoms with Gasteiger partial charge in [0, 0.05) is 24.6 Å². The normalized spacial score (nSPS) is 18.0. The highest BCUT2D eigenvalue weighted by molar-refractivity contribution is 6.37. The van der Waals surface area contributed by atoms with Crippen LogP contribution in [0.1, 0.15) is 56.4 Å². The van der Waals surface area contributed by atoms with Gasteiger partial charge in [-0.05, 0) is 42.7 Å². The number of Topliss-reactive ketones (excluding diaryl/α,β-unsaturated/α-hetero) is 2. The predicted molar refractivity (Wildman–Crippen MR) is 129 cm³/mol. The second kappa shape index (κ2) is 12.8. The number of aryl methyl sites for hydroxylation is 1. The number of hydrogen-bond donors (Lipinski definition) is 3. The van der Waals surface area contributed by atoms with Crippen molar-refractivity contribution in [3.8, 4) is 0 Å². The van der Waals surface area contributed by atoms with Crippen molar-refractivity contribution in [2.24, 2.45) is 11.8 Å². The first-order valence-corrected chi connectivity index (χ1v) is 12.2. The number of carbonyl (C=O) groups excluding carboxylic acids is 4. The van der Waals surface area contributed by atoms with Crippen LogP contribution in [0.2, 0.25) is 0 Å². The number of ketones is 2. The minimum absolute atomic E-state index is 0.0796. The summed E-state index contributed by atoms with van der Waals surface area (Å²) >= 11 is 0. The van der Waals surface area contributed by atoms with Gasteiger partial charge in [-0.2, -0.15) is 5.10 Å². The standard InChI is InChI=1S/C26H34N4O5/c1-17(2)23(29-26(34)35-16-18-9-5-3-6-10-18)22(31)14-19-13-20-15-28-30-21(20)11-7-4-8-12-27-25(33)24(19)32/h3,5-6,9-10,15,17,19,23H,4,7-8,11-14,16H2,1-2H3,(H,27,33)(H,28,30)(H,29,34). The van der Waals surface area contributed by atoms with Crippen LogP contribution in [-0.2, 0) is 38.6 Å². The Kier molecular flexibility index (Phi) is 9.57. The number of H-pyrrole nitrogens is 1. The van der Waals surface area contributed by atoms with Crippen LogP contribution in [0.25, 0.3) is 0 Å². The van der Waals surface area contributed by atoms with Gasteiger partial charge in [-0.15, -0.1) is 0 Å². The summed E-state index contributed by atoms with van der Waals surface area (Å²) < 4.78 is 5.27. The molecule has 0 spiro atoms. The fraction of sp³-hybridized carbons (Fsp3) is 0.500. The zero-order valence-electron chi connectivity index (χ0n) is 20.3. The topological polar surface area (TPSA) is 130 Å². The van der Waals surface area contributed by atoms with Crippen LogP contribution in [0.15, 0.2) is 36.5 Å². The minimum atomic E-state index is -0.848. The summed E-state index contributed by atoms with van der Waals surface area (Å²) in [6.07, 6.45) is 4.44. The fourth-order valence-electron chi connectivity index (χ4n) is 4.21. The Morgan fingerprint density at radius 1 is 1.14 bits per heavy atom. The number of nitrogens with one attached hydrogen (secondary N) is 3. The maximum Gasteiger partial charge on any atom is 0.408 e. The van der Waals surface area contributed by atoms with Gasteiger partial charge in [0.25, 0.3) is 5.91 Å². The molecule has 0 bridgehead atoms. The van der Waals surface area contributed by atoms with Gasteiger partial charge in [-0.25, -0.2) is 4.79 Å². The van der Waals surface area contributed by atoms with Gasteiger partial charge in [-0.3, -0.25) is 19.5 Å². The molecule has 1 aromatic carbocycles. The molecule has 1 aliphatic rings. The lowest BCUT2D eigenvalue weighted by molar-refractivity contribution is -0.141. The number of alkyl carbamates (subject to hydrolysis) is 1. The summed E-state index contributed by atoms with van der Waals surface area (Å²) in [4.78, 5) is 51.1. The molecule has 1 aromatic heterocycles. The maximum atomic E-state index is 13.3. The number of carbonyl (C=O) groups is 4. The van der Waals surface area contributed by atoms with E-state index in [9.17, 15) is 19.2 Å². The number of benzene rings is 1. The molecule has 0 radical (unpaired) electrons. The van der Waals surface area contributed by atoms with E-state index in [1.165, 1.54) is 0 Å². The molecule has 2 unspecified atom stereocenters. The van der Waals surface area contributed by atoms with E-state index in [0.29, 0.717) is 6.54 Å². The van der Waals surface area contributed by atoms with Crippen molar-refractivity contribution in [2.45, 2.75) is 65.0 Å². The zero-order chi connectivity index (χ0) is 25.2. The molecule has 2 amide bonds. The summed E-state index contributed by atoms with van der Waals surface area (Å²) in [5.41, 5.74) is 2.59. The molecule has 0 saturated carbocycles. The number of hydrogen-bond acceptors (Lipinski definition) is 6. The van der Waals surface area contributed by atoms with Crippen molar-refractivity contribution >= 4 is 23.6 Å². The van der Waals surface area contributed by atoms with Crippen molar-refractivity contribution in [3.63, 3.8) is 0 Å². The molecule has 0 fully saturated rings. The molecule has 2 heterocycles. The second-order valence-corrected chi connectivity index (χ2v) is 9.30. The van der Waals surface area contributed by atoms with Crippen LogP contribution in [0.5, 0.6) is 0 Å². The van der Waals surface area contributed by atoms with E-state index >= 15 is 0 Å². The summed E-state index contributed by atoms with van der Waals surface area (Å²) in [6.45, 7) is 4.12. The first kappa shape index (κ1) is 26.1. The Balaban J connectivity index is 1.70. The van der Waals surface area contributed by atoms with Crippen molar-refractivity contribution in [1.82, 2.24) is 20.8 Å². The third-order valence-electron chi connectivity index (χ3n) is 6.20. The smallest absolute Gasteiger partial charge is 0.408 e. The van der Waals surface area contributed by atoms with Crippen LogP contribution in [0.3, 0.4) is 0 Å². The first-order valence-electron chi connectivity index (χ1n) is 12.2. The van der Waals surface area contributed by atoms with Gasteiger partial charge < -0.3 is 15.4 Å². The van der Waals surface area contributed by atoms with E-state index in [2.05, 4.69) is 20.8 Å². The predicted octanol–water partition coefficient (Wildman–Crippen LogP) is 2.89. The Morgan fingerprint density at radius 3 is 2.66 bits per heavy atom. The first-order chi connectivity index (χ1) is 16.8. The molecule has 3 rings (SSSR count). The number of ether oxygens (including phenoxy) is 1. The van der Waals surface area contributed by atoms with Crippen LogP contribution < -0.4 is 10.6 Å². The highest BCUT2D eigenvalue weighted by Crippen LogP contribution is 2.21. The van der Waals surface area contributed by atoms with Crippen molar-refractivity contribution in [3.05, 3.63) is 53.3 Å². The molecule has 0 saturated heterocycles. The van der Waals surface area contributed by atoms with Crippen molar-refractivity contribution in [1.29, 1.82) is 0 Å². The van der Waals surface area contributed by atoms with Gasteiger partial charge in [0.15, 0.2) is 5.78 Å². The van der Waals surface area contributed by atoms with E-state index in [0.717, 1.165) is 42.5 Å². The number of rotatable bonds is 7. The van der Waals surface area contributed by atoms with Crippen LogP contribution in [-0.4, -0.2) is 46.4 Å². The largest absolute Gasteiger partial charge is 0.445 e. The van der Waals surface area contributed by atoms with E-state index in [1.54, 1.807) is 6.20 Å². The average molecular weight is 483 g/mol. The SMILES string of the molecule is CC(C)C(NC(=O)OCc1ccccc1)C(=O)CC1Cc2cn[nH]c2CCCCCNC(=O)C1=O. The number of aromatic amines is 1. The third kappa shape index (κ3) is 7.77. The van der Waals surface area contributed by atoms with E-state index < -0.39 is 29.7 Å². The van der Waals surface area contributed by atoms with Gasteiger partial charge >= 0.3 is 6.09 Å².